The van der Waals surface area contributed by atoms with Gasteiger partial charge in [-0.15, -0.1) is 24.0 Å². The van der Waals surface area contributed by atoms with Crippen molar-refractivity contribution in [2.75, 3.05) is 34.3 Å². The molecule has 0 aliphatic carbocycles. The highest BCUT2D eigenvalue weighted by Crippen LogP contribution is 2.35. The number of aromatic nitrogens is 1. The van der Waals surface area contributed by atoms with Crippen LogP contribution in [0, 0.1) is 5.92 Å². The number of piperidine rings is 1. The van der Waals surface area contributed by atoms with Crippen molar-refractivity contribution in [3.8, 4) is 17.2 Å². The molecule has 34 heavy (non-hydrogen) atoms. The lowest BCUT2D eigenvalue weighted by Crippen LogP contribution is -2.44. The fourth-order valence-corrected chi connectivity index (χ4v) is 4.53. The maximum atomic E-state index is 5.64. The summed E-state index contributed by atoms with van der Waals surface area (Å²) in [5.74, 6) is 2.76. The Kier molecular flexibility index (Phi) is 9.76. The molecule has 1 saturated heterocycles. The number of nitrogens with one attached hydrogen (secondary N) is 2. The number of hydrogen-bond donors (Lipinski definition) is 2. The Morgan fingerprint density at radius 3 is 2.62 bits per heavy atom. The highest BCUT2D eigenvalue weighted by Gasteiger charge is 2.30. The van der Waals surface area contributed by atoms with Gasteiger partial charge in [-0.1, -0.05) is 30.3 Å². The first-order valence-electron chi connectivity index (χ1n) is 11.5. The van der Waals surface area contributed by atoms with Crippen LogP contribution in [0.3, 0.4) is 0 Å². The highest BCUT2D eigenvalue weighted by atomic mass is 127. The molecule has 1 aromatic heterocycles. The summed E-state index contributed by atoms with van der Waals surface area (Å²) in [6.07, 6.45) is 4.07. The molecule has 1 fully saturated rings. The summed E-state index contributed by atoms with van der Waals surface area (Å²) in [5.41, 5.74) is 3.13. The third-order valence-corrected chi connectivity index (χ3v) is 6.23. The average Bonchev–Trinajstić information content (AvgIpc) is 3.34. The Hall–Kier alpha value is -2.59. The van der Waals surface area contributed by atoms with Crippen molar-refractivity contribution in [1.29, 1.82) is 0 Å². The molecule has 2 unspecified atom stereocenters. The van der Waals surface area contributed by atoms with Gasteiger partial charge in [0.1, 0.15) is 12.0 Å². The topological polar surface area (TPSA) is 74.9 Å². The lowest BCUT2D eigenvalue weighted by atomic mass is 9.85. The maximum Gasteiger partial charge on any atom is 0.226 e. The standard InChI is InChI=1S/C26H33N5O2.HI/c1-27-26(29-17-22-18-33-25(30-22)20-8-5-4-6-9-20)28-16-21-10-7-15-31(2)24(21)19-11-13-23(32-3)14-12-19;/h4-6,8-9,11-14,18,21,24H,7,10,15-17H2,1-3H3,(H2,27,28,29);1H. The first-order chi connectivity index (χ1) is 16.2. The van der Waals surface area contributed by atoms with E-state index in [1.54, 1.807) is 20.4 Å². The van der Waals surface area contributed by atoms with E-state index in [9.17, 15) is 0 Å². The first kappa shape index (κ1) is 26.0. The molecule has 4 rings (SSSR count). The van der Waals surface area contributed by atoms with Crippen molar-refractivity contribution in [2.24, 2.45) is 10.9 Å². The number of hydrogen-bond acceptors (Lipinski definition) is 5. The fourth-order valence-electron chi connectivity index (χ4n) is 4.53. The van der Waals surface area contributed by atoms with Crippen LogP contribution in [0.15, 0.2) is 70.3 Å². The number of benzene rings is 2. The molecule has 2 atom stereocenters. The third kappa shape index (κ3) is 6.50. The average molecular weight is 575 g/mol. The van der Waals surface area contributed by atoms with Crippen LogP contribution in [0.5, 0.6) is 5.75 Å². The van der Waals surface area contributed by atoms with Gasteiger partial charge in [-0.3, -0.25) is 9.89 Å². The molecular formula is C26H34IN5O2. The Morgan fingerprint density at radius 1 is 1.15 bits per heavy atom. The molecule has 2 heterocycles. The number of guanidine groups is 1. The minimum absolute atomic E-state index is 0. The predicted octanol–water partition coefficient (Wildman–Crippen LogP) is 4.72. The summed E-state index contributed by atoms with van der Waals surface area (Å²) in [6.45, 7) is 2.49. The fraction of sp³-hybridized carbons (Fsp3) is 0.385. The van der Waals surface area contributed by atoms with Crippen molar-refractivity contribution < 1.29 is 9.15 Å². The number of likely N-dealkylation sites (tertiary alicyclic amines) is 1. The van der Waals surface area contributed by atoms with Crippen molar-refractivity contribution in [3.63, 3.8) is 0 Å². The van der Waals surface area contributed by atoms with Crippen molar-refractivity contribution in [2.45, 2.75) is 25.4 Å². The molecule has 3 aromatic rings. The molecular weight excluding hydrogens is 541 g/mol. The molecule has 0 amide bonds. The van der Waals surface area contributed by atoms with Crippen LogP contribution in [0.4, 0.5) is 0 Å². The van der Waals surface area contributed by atoms with Gasteiger partial charge >= 0.3 is 0 Å². The zero-order valence-corrected chi connectivity index (χ0v) is 22.4. The smallest absolute Gasteiger partial charge is 0.226 e. The van der Waals surface area contributed by atoms with E-state index < -0.39 is 0 Å². The number of nitrogens with zero attached hydrogens (tertiary/aromatic N) is 3. The summed E-state index contributed by atoms with van der Waals surface area (Å²) in [7, 11) is 5.71. The number of halogens is 1. The zero-order chi connectivity index (χ0) is 23.0. The molecule has 7 nitrogen and oxygen atoms in total. The molecule has 2 N–H and O–H groups in total. The van der Waals surface area contributed by atoms with E-state index in [-0.39, 0.29) is 24.0 Å². The van der Waals surface area contributed by atoms with E-state index in [2.05, 4.69) is 44.7 Å². The van der Waals surface area contributed by atoms with Crippen LogP contribution in [0.1, 0.15) is 30.1 Å². The first-order valence-corrected chi connectivity index (χ1v) is 11.5. The van der Waals surface area contributed by atoms with Crippen LogP contribution < -0.4 is 15.4 Å². The van der Waals surface area contributed by atoms with Gasteiger partial charge in [0.25, 0.3) is 0 Å². The second kappa shape index (κ2) is 12.8. The van der Waals surface area contributed by atoms with Crippen LogP contribution in [-0.2, 0) is 6.54 Å². The van der Waals surface area contributed by atoms with E-state index in [0.717, 1.165) is 36.1 Å². The van der Waals surface area contributed by atoms with Gasteiger partial charge in [0.2, 0.25) is 5.89 Å². The number of aliphatic imine (C=N–C) groups is 1. The Labute approximate surface area is 219 Å². The SMILES string of the molecule is CN=C(NCc1coc(-c2ccccc2)n1)NCC1CCCN(C)C1c1ccc(OC)cc1.I. The molecule has 0 saturated carbocycles. The van der Waals surface area contributed by atoms with Gasteiger partial charge in [0, 0.05) is 25.2 Å². The molecule has 0 radical (unpaired) electrons. The summed E-state index contributed by atoms with van der Waals surface area (Å²) in [6, 6.07) is 18.7. The summed E-state index contributed by atoms with van der Waals surface area (Å²) >= 11 is 0. The normalized spacial score (nSPS) is 18.7. The van der Waals surface area contributed by atoms with Crippen LogP contribution in [-0.4, -0.2) is 50.1 Å². The molecule has 2 aromatic carbocycles. The Morgan fingerprint density at radius 2 is 1.91 bits per heavy atom. The Bertz CT molecular complexity index is 1040. The number of oxazole rings is 1. The van der Waals surface area contributed by atoms with E-state index in [0.29, 0.717) is 24.4 Å². The van der Waals surface area contributed by atoms with Crippen LogP contribution in [0.2, 0.25) is 0 Å². The maximum absolute atomic E-state index is 5.64. The van der Waals surface area contributed by atoms with E-state index in [1.165, 1.54) is 18.4 Å². The minimum atomic E-state index is 0. The zero-order valence-electron chi connectivity index (χ0n) is 20.0. The Balaban J connectivity index is 0.00000324. The molecule has 182 valence electrons. The lowest BCUT2D eigenvalue weighted by Gasteiger charge is -2.40. The summed E-state index contributed by atoms with van der Waals surface area (Å²) in [5, 5.41) is 6.88. The largest absolute Gasteiger partial charge is 0.497 e. The number of methoxy groups -OCH3 is 1. The van der Waals surface area contributed by atoms with Gasteiger partial charge in [0.15, 0.2) is 5.96 Å². The summed E-state index contributed by atoms with van der Waals surface area (Å²) in [4.78, 5) is 11.4. The molecule has 8 heteroatoms. The van der Waals surface area contributed by atoms with Crippen LogP contribution in [0.25, 0.3) is 11.5 Å². The van der Waals surface area contributed by atoms with Gasteiger partial charge < -0.3 is 19.8 Å². The van der Waals surface area contributed by atoms with Gasteiger partial charge in [-0.25, -0.2) is 4.98 Å². The molecule has 1 aliphatic rings. The predicted molar refractivity (Wildman–Crippen MR) is 147 cm³/mol. The summed E-state index contributed by atoms with van der Waals surface area (Å²) < 4.78 is 11.0. The molecule has 0 bridgehead atoms. The van der Waals surface area contributed by atoms with E-state index in [4.69, 9.17) is 9.15 Å². The lowest BCUT2D eigenvalue weighted by molar-refractivity contribution is 0.122. The van der Waals surface area contributed by atoms with Gasteiger partial charge in [0.05, 0.1) is 19.3 Å². The van der Waals surface area contributed by atoms with Gasteiger partial charge in [-0.05, 0) is 62.2 Å². The third-order valence-electron chi connectivity index (χ3n) is 6.23. The molecule has 1 aliphatic heterocycles. The van der Waals surface area contributed by atoms with Crippen molar-refractivity contribution >= 4 is 29.9 Å². The minimum Gasteiger partial charge on any atom is -0.497 e. The highest BCUT2D eigenvalue weighted by molar-refractivity contribution is 14.0. The number of ether oxygens (including phenoxy) is 1. The number of rotatable bonds is 7. The molecule has 0 spiro atoms. The van der Waals surface area contributed by atoms with Crippen LogP contribution >= 0.6 is 24.0 Å². The van der Waals surface area contributed by atoms with E-state index in [1.807, 2.05) is 42.5 Å². The quantitative estimate of drug-likeness (QED) is 0.242. The van der Waals surface area contributed by atoms with Gasteiger partial charge in [-0.2, -0.15) is 0 Å². The second-order valence-electron chi connectivity index (χ2n) is 8.42. The van der Waals surface area contributed by atoms with Crippen molar-refractivity contribution in [1.82, 2.24) is 20.5 Å². The second-order valence-corrected chi connectivity index (χ2v) is 8.42. The van der Waals surface area contributed by atoms with Crippen molar-refractivity contribution in [3.05, 3.63) is 72.1 Å². The monoisotopic (exact) mass is 575 g/mol. The van der Waals surface area contributed by atoms with E-state index >= 15 is 0 Å².